The van der Waals surface area contributed by atoms with Gasteiger partial charge in [-0.25, -0.2) is 0 Å². The van der Waals surface area contributed by atoms with E-state index in [-0.39, 0.29) is 5.91 Å². The van der Waals surface area contributed by atoms with Crippen LogP contribution in [0.1, 0.15) is 51.9 Å². The van der Waals surface area contributed by atoms with Crippen molar-refractivity contribution in [2.75, 3.05) is 13.1 Å². The highest BCUT2D eigenvalue weighted by molar-refractivity contribution is 5.94. The molecule has 1 aliphatic rings. The second kappa shape index (κ2) is 8.30. The Kier molecular flexibility index (Phi) is 5.87. The molecule has 0 aromatic heterocycles. The average molecular weight is 336 g/mol. The molecule has 3 heteroatoms. The molecule has 0 bridgehead atoms. The van der Waals surface area contributed by atoms with E-state index in [2.05, 4.69) is 40.5 Å². The summed E-state index contributed by atoms with van der Waals surface area (Å²) in [5, 5.41) is 3.09. The van der Waals surface area contributed by atoms with Crippen molar-refractivity contribution in [3.63, 3.8) is 0 Å². The number of likely N-dealkylation sites (tertiary alicyclic amines) is 1. The Morgan fingerprint density at radius 1 is 0.960 bits per heavy atom. The zero-order valence-electron chi connectivity index (χ0n) is 15.3. The molecule has 0 aliphatic carbocycles. The van der Waals surface area contributed by atoms with E-state index in [9.17, 15) is 4.79 Å². The van der Waals surface area contributed by atoms with E-state index < -0.39 is 0 Å². The fraction of sp³-hybridized carbons (Fsp3) is 0.409. The zero-order chi connectivity index (χ0) is 17.6. The molecule has 25 heavy (non-hydrogen) atoms. The lowest BCUT2D eigenvalue weighted by molar-refractivity contribution is 0.0950. The number of piperidine rings is 1. The smallest absolute Gasteiger partial charge is 0.251 e. The first kappa shape index (κ1) is 17.7. The van der Waals surface area contributed by atoms with Crippen molar-refractivity contribution in [1.82, 2.24) is 10.2 Å². The van der Waals surface area contributed by atoms with Gasteiger partial charge < -0.3 is 5.32 Å². The minimum Gasteiger partial charge on any atom is -0.348 e. The molecule has 2 aromatic carbocycles. The average Bonchev–Trinajstić information content (AvgIpc) is 2.61. The summed E-state index contributed by atoms with van der Waals surface area (Å²) in [6.07, 6.45) is 3.95. The molecule has 3 nitrogen and oxygen atoms in total. The van der Waals surface area contributed by atoms with Gasteiger partial charge in [-0.1, -0.05) is 47.9 Å². The summed E-state index contributed by atoms with van der Waals surface area (Å²) < 4.78 is 0. The molecular formula is C22H28N2O. The Balaban J connectivity index is 1.65. The molecule has 1 saturated heterocycles. The maximum atomic E-state index is 12.5. The number of carbonyl (C=O) groups is 1. The molecule has 0 atom stereocenters. The number of hydrogen-bond donors (Lipinski definition) is 1. The van der Waals surface area contributed by atoms with Crippen molar-refractivity contribution in [2.24, 2.45) is 0 Å². The van der Waals surface area contributed by atoms with Crippen LogP contribution in [0.4, 0.5) is 0 Å². The van der Waals surface area contributed by atoms with E-state index in [0.29, 0.717) is 6.54 Å². The van der Waals surface area contributed by atoms with Crippen LogP contribution in [0.2, 0.25) is 0 Å². The minimum atomic E-state index is -0.000393. The quantitative estimate of drug-likeness (QED) is 0.886. The Labute approximate surface area is 151 Å². The summed E-state index contributed by atoms with van der Waals surface area (Å²) in [6, 6.07) is 14.4. The molecule has 1 N–H and O–H groups in total. The van der Waals surface area contributed by atoms with Crippen LogP contribution in [0.15, 0.2) is 42.5 Å². The molecule has 1 fully saturated rings. The molecule has 0 unspecified atom stereocenters. The fourth-order valence-corrected chi connectivity index (χ4v) is 3.63. The lowest BCUT2D eigenvalue weighted by atomic mass is 10.0. The van der Waals surface area contributed by atoms with Gasteiger partial charge in [-0.15, -0.1) is 0 Å². The molecule has 1 amide bonds. The van der Waals surface area contributed by atoms with Gasteiger partial charge in [0.25, 0.3) is 5.91 Å². The number of nitrogens with one attached hydrogen (secondary N) is 1. The highest BCUT2D eigenvalue weighted by Crippen LogP contribution is 2.16. The van der Waals surface area contributed by atoms with Gasteiger partial charge in [0.2, 0.25) is 0 Å². The highest BCUT2D eigenvalue weighted by atomic mass is 16.1. The number of aryl methyl sites for hydroxylation is 2. The van der Waals surface area contributed by atoms with Crippen molar-refractivity contribution in [3.05, 3.63) is 70.3 Å². The summed E-state index contributed by atoms with van der Waals surface area (Å²) in [5.74, 6) is -0.000393. The lowest BCUT2D eigenvalue weighted by Crippen LogP contribution is -2.30. The molecule has 1 aliphatic heterocycles. The van der Waals surface area contributed by atoms with Crippen LogP contribution >= 0.6 is 0 Å². The zero-order valence-corrected chi connectivity index (χ0v) is 15.3. The van der Waals surface area contributed by atoms with Gasteiger partial charge in [0.1, 0.15) is 0 Å². The first-order valence-electron chi connectivity index (χ1n) is 9.27. The normalized spacial score (nSPS) is 15.1. The summed E-state index contributed by atoms with van der Waals surface area (Å²) in [5.41, 5.74) is 5.52. The first-order chi connectivity index (χ1) is 12.1. The van der Waals surface area contributed by atoms with Gasteiger partial charge in [-0.3, -0.25) is 9.69 Å². The van der Waals surface area contributed by atoms with Gasteiger partial charge >= 0.3 is 0 Å². The second-order valence-corrected chi connectivity index (χ2v) is 7.16. The van der Waals surface area contributed by atoms with Crippen molar-refractivity contribution in [2.45, 2.75) is 46.2 Å². The number of rotatable bonds is 5. The Morgan fingerprint density at radius 2 is 1.60 bits per heavy atom. The van der Waals surface area contributed by atoms with Crippen LogP contribution in [-0.2, 0) is 13.1 Å². The maximum Gasteiger partial charge on any atom is 0.251 e. The topological polar surface area (TPSA) is 32.3 Å². The largest absolute Gasteiger partial charge is 0.348 e. The van der Waals surface area contributed by atoms with Crippen LogP contribution in [-0.4, -0.2) is 23.9 Å². The van der Waals surface area contributed by atoms with Gasteiger partial charge in [-0.2, -0.15) is 0 Å². The lowest BCUT2D eigenvalue weighted by Gasteiger charge is -2.27. The number of hydrogen-bond acceptors (Lipinski definition) is 2. The molecule has 0 saturated carbocycles. The monoisotopic (exact) mass is 336 g/mol. The number of amides is 1. The van der Waals surface area contributed by atoms with Crippen LogP contribution in [0.25, 0.3) is 0 Å². The highest BCUT2D eigenvalue weighted by Gasteiger charge is 2.13. The van der Waals surface area contributed by atoms with E-state index in [4.69, 9.17) is 0 Å². The van der Waals surface area contributed by atoms with Crippen molar-refractivity contribution in [3.8, 4) is 0 Å². The van der Waals surface area contributed by atoms with E-state index in [1.807, 2.05) is 26.0 Å². The van der Waals surface area contributed by atoms with Crippen LogP contribution < -0.4 is 5.32 Å². The predicted octanol–water partition coefficient (Wildman–Crippen LogP) is 4.22. The number of benzene rings is 2. The standard InChI is InChI=1S/C22H28N2O/c1-17-12-18(2)14-21(13-17)22(25)23-15-19-8-4-5-9-20(19)16-24-10-6-3-7-11-24/h4-5,8-9,12-14H,3,6-7,10-11,15-16H2,1-2H3,(H,23,25). The van der Waals surface area contributed by atoms with E-state index in [1.165, 1.54) is 43.5 Å². The third kappa shape index (κ3) is 4.93. The second-order valence-electron chi connectivity index (χ2n) is 7.16. The van der Waals surface area contributed by atoms with Crippen LogP contribution in [0, 0.1) is 13.8 Å². The molecule has 0 radical (unpaired) electrons. The van der Waals surface area contributed by atoms with E-state index in [0.717, 1.165) is 23.2 Å². The SMILES string of the molecule is Cc1cc(C)cc(C(=O)NCc2ccccc2CN2CCCCC2)c1. The number of carbonyl (C=O) groups excluding carboxylic acids is 1. The Hall–Kier alpha value is -2.13. The molecule has 132 valence electrons. The Bertz CT molecular complexity index is 712. The van der Waals surface area contributed by atoms with Crippen molar-refractivity contribution in [1.29, 1.82) is 0 Å². The fourth-order valence-electron chi connectivity index (χ4n) is 3.63. The van der Waals surface area contributed by atoms with Gasteiger partial charge in [-0.05, 0) is 63.0 Å². The van der Waals surface area contributed by atoms with Crippen molar-refractivity contribution >= 4 is 5.91 Å². The molecule has 1 heterocycles. The summed E-state index contributed by atoms with van der Waals surface area (Å²) >= 11 is 0. The first-order valence-corrected chi connectivity index (χ1v) is 9.27. The maximum absolute atomic E-state index is 12.5. The minimum absolute atomic E-state index is 0.000393. The number of nitrogens with zero attached hydrogens (tertiary/aromatic N) is 1. The Morgan fingerprint density at radius 3 is 2.28 bits per heavy atom. The van der Waals surface area contributed by atoms with Gasteiger partial charge in [0, 0.05) is 18.7 Å². The molecule has 0 spiro atoms. The summed E-state index contributed by atoms with van der Waals surface area (Å²) in [7, 11) is 0. The third-order valence-corrected chi connectivity index (χ3v) is 4.88. The van der Waals surface area contributed by atoms with Crippen LogP contribution in [0.3, 0.4) is 0 Å². The summed E-state index contributed by atoms with van der Waals surface area (Å²) in [4.78, 5) is 15.0. The predicted molar refractivity (Wildman–Crippen MR) is 103 cm³/mol. The van der Waals surface area contributed by atoms with Gasteiger partial charge in [0.05, 0.1) is 0 Å². The van der Waals surface area contributed by atoms with Crippen LogP contribution in [0.5, 0.6) is 0 Å². The third-order valence-electron chi connectivity index (χ3n) is 4.88. The van der Waals surface area contributed by atoms with Crippen molar-refractivity contribution < 1.29 is 4.79 Å². The van der Waals surface area contributed by atoms with Gasteiger partial charge in [0.15, 0.2) is 0 Å². The molecule has 3 rings (SSSR count). The molecule has 2 aromatic rings. The van der Waals surface area contributed by atoms with E-state index in [1.54, 1.807) is 0 Å². The van der Waals surface area contributed by atoms with E-state index >= 15 is 0 Å². The molecular weight excluding hydrogens is 308 g/mol. The summed E-state index contributed by atoms with van der Waals surface area (Å²) in [6.45, 7) is 7.98.